The Hall–Kier alpha value is -2.63. The highest BCUT2D eigenvalue weighted by Crippen LogP contribution is 2.27. The van der Waals surface area contributed by atoms with Crippen molar-refractivity contribution in [3.63, 3.8) is 0 Å². The number of benzene rings is 1. The van der Waals surface area contributed by atoms with Crippen molar-refractivity contribution in [2.45, 2.75) is 20.8 Å². The quantitative estimate of drug-likeness (QED) is 0.908. The van der Waals surface area contributed by atoms with E-state index in [4.69, 9.17) is 10.5 Å². The molecule has 1 heterocycles. The van der Waals surface area contributed by atoms with Crippen LogP contribution in [-0.2, 0) is 4.79 Å². The summed E-state index contributed by atoms with van der Waals surface area (Å²) in [6, 6.07) is 7.38. The Kier molecular flexibility index (Phi) is 4.30. The molecule has 0 aliphatic rings. The summed E-state index contributed by atoms with van der Waals surface area (Å²) >= 11 is 0. The third-order valence-electron chi connectivity index (χ3n) is 2.86. The summed E-state index contributed by atoms with van der Waals surface area (Å²) < 4.78 is 19.5. The molecular formula is C16H18FN3O2. The van der Waals surface area contributed by atoms with E-state index in [0.29, 0.717) is 17.3 Å². The largest absolute Gasteiger partial charge is 0.457 e. The van der Waals surface area contributed by atoms with Crippen molar-refractivity contribution < 1.29 is 13.9 Å². The van der Waals surface area contributed by atoms with Gasteiger partial charge in [0.15, 0.2) is 0 Å². The molecule has 0 saturated carbocycles. The number of carbonyl (C=O) groups excluding carboxylic acids is 1. The maximum Gasteiger partial charge on any atom is 0.229 e. The second-order valence-corrected chi connectivity index (χ2v) is 5.86. The number of hydrogen-bond acceptors (Lipinski definition) is 4. The Morgan fingerprint density at radius 1 is 1.23 bits per heavy atom. The predicted molar refractivity (Wildman–Crippen MR) is 83.2 cm³/mol. The molecule has 0 unspecified atom stereocenters. The van der Waals surface area contributed by atoms with E-state index < -0.39 is 11.2 Å². The maximum absolute atomic E-state index is 14.0. The number of rotatable bonds is 3. The van der Waals surface area contributed by atoms with E-state index in [1.165, 1.54) is 24.4 Å². The Morgan fingerprint density at radius 2 is 1.91 bits per heavy atom. The summed E-state index contributed by atoms with van der Waals surface area (Å²) in [7, 11) is 0. The number of anilines is 2. The molecule has 6 heteroatoms. The third kappa shape index (κ3) is 3.94. The van der Waals surface area contributed by atoms with Crippen LogP contribution in [0, 0.1) is 11.2 Å². The van der Waals surface area contributed by atoms with Crippen molar-refractivity contribution in [2.24, 2.45) is 5.41 Å². The SMILES string of the molecule is CC(C)(C)C(=O)Nc1ccc(Oc2ccnc(N)c2)cc1F. The first kappa shape index (κ1) is 15.8. The summed E-state index contributed by atoms with van der Waals surface area (Å²) in [4.78, 5) is 15.7. The van der Waals surface area contributed by atoms with E-state index in [1.807, 2.05) is 0 Å². The molecule has 0 fully saturated rings. The van der Waals surface area contributed by atoms with Gasteiger partial charge in [-0.05, 0) is 18.2 Å². The Labute approximate surface area is 128 Å². The van der Waals surface area contributed by atoms with Crippen LogP contribution in [0.5, 0.6) is 11.5 Å². The lowest BCUT2D eigenvalue weighted by atomic mass is 9.95. The van der Waals surface area contributed by atoms with E-state index in [0.717, 1.165) is 0 Å². The number of hydrogen-bond donors (Lipinski definition) is 2. The lowest BCUT2D eigenvalue weighted by Gasteiger charge is -2.18. The van der Waals surface area contributed by atoms with Crippen molar-refractivity contribution in [1.29, 1.82) is 0 Å². The minimum atomic E-state index is -0.601. The van der Waals surface area contributed by atoms with Crippen molar-refractivity contribution in [3.8, 4) is 11.5 Å². The highest BCUT2D eigenvalue weighted by Gasteiger charge is 2.22. The topological polar surface area (TPSA) is 77.2 Å². The monoisotopic (exact) mass is 303 g/mol. The van der Waals surface area contributed by atoms with Crippen molar-refractivity contribution >= 4 is 17.4 Å². The van der Waals surface area contributed by atoms with Gasteiger partial charge in [0.25, 0.3) is 0 Å². The molecule has 2 aromatic rings. The first-order valence-corrected chi connectivity index (χ1v) is 6.76. The average molecular weight is 303 g/mol. The van der Waals surface area contributed by atoms with Gasteiger partial charge in [-0.1, -0.05) is 20.8 Å². The minimum Gasteiger partial charge on any atom is -0.457 e. The Bertz CT molecular complexity index is 696. The minimum absolute atomic E-state index is 0.113. The van der Waals surface area contributed by atoms with Gasteiger partial charge in [-0.15, -0.1) is 0 Å². The number of nitrogens with two attached hydrogens (primary N) is 1. The van der Waals surface area contributed by atoms with Gasteiger partial charge in [-0.25, -0.2) is 9.37 Å². The zero-order valence-electron chi connectivity index (χ0n) is 12.7. The standard InChI is InChI=1S/C16H18FN3O2/c1-16(2,3)15(21)20-13-5-4-10(8-12(13)17)22-11-6-7-19-14(18)9-11/h4-9H,1-3H3,(H2,18,19)(H,20,21). The number of aromatic nitrogens is 1. The smallest absolute Gasteiger partial charge is 0.229 e. The molecule has 1 aromatic carbocycles. The maximum atomic E-state index is 14.0. The van der Waals surface area contributed by atoms with Gasteiger partial charge < -0.3 is 15.8 Å². The van der Waals surface area contributed by atoms with E-state index in [9.17, 15) is 9.18 Å². The molecule has 1 amide bonds. The van der Waals surface area contributed by atoms with E-state index in [2.05, 4.69) is 10.3 Å². The number of amides is 1. The zero-order chi connectivity index (χ0) is 16.3. The van der Waals surface area contributed by atoms with Crippen LogP contribution >= 0.6 is 0 Å². The van der Waals surface area contributed by atoms with Crippen LogP contribution in [0.15, 0.2) is 36.5 Å². The van der Waals surface area contributed by atoms with Crippen molar-refractivity contribution in [1.82, 2.24) is 4.98 Å². The number of halogens is 1. The highest BCUT2D eigenvalue weighted by molar-refractivity contribution is 5.94. The zero-order valence-corrected chi connectivity index (χ0v) is 12.7. The number of pyridine rings is 1. The lowest BCUT2D eigenvalue weighted by molar-refractivity contribution is -0.123. The van der Waals surface area contributed by atoms with Gasteiger partial charge in [0.05, 0.1) is 5.69 Å². The third-order valence-corrected chi connectivity index (χ3v) is 2.86. The van der Waals surface area contributed by atoms with E-state index in [-0.39, 0.29) is 11.6 Å². The normalized spacial score (nSPS) is 11.1. The molecule has 0 atom stereocenters. The summed E-state index contributed by atoms with van der Waals surface area (Å²) in [5, 5.41) is 2.55. The summed E-state index contributed by atoms with van der Waals surface area (Å²) in [6.07, 6.45) is 1.50. The van der Waals surface area contributed by atoms with Crippen LogP contribution in [0.3, 0.4) is 0 Å². The van der Waals surface area contributed by atoms with Crippen molar-refractivity contribution in [3.05, 3.63) is 42.3 Å². The number of carbonyl (C=O) groups is 1. The number of nitrogens with one attached hydrogen (secondary N) is 1. The number of nitrogens with zero attached hydrogens (tertiary/aromatic N) is 1. The summed E-state index contributed by atoms with van der Waals surface area (Å²) in [5.41, 5.74) is 5.06. The van der Waals surface area contributed by atoms with Gasteiger partial charge in [-0.2, -0.15) is 0 Å². The van der Waals surface area contributed by atoms with Gasteiger partial charge >= 0.3 is 0 Å². The molecule has 3 N–H and O–H groups in total. The Balaban J connectivity index is 2.14. The lowest BCUT2D eigenvalue weighted by Crippen LogP contribution is -2.28. The second kappa shape index (κ2) is 6.01. The fourth-order valence-electron chi connectivity index (χ4n) is 1.60. The number of nitrogen functional groups attached to an aromatic ring is 1. The molecule has 0 radical (unpaired) electrons. The van der Waals surface area contributed by atoms with Crippen LogP contribution in [-0.4, -0.2) is 10.9 Å². The van der Waals surface area contributed by atoms with Crippen LogP contribution in [0.4, 0.5) is 15.9 Å². The fraction of sp³-hybridized carbons (Fsp3) is 0.250. The molecule has 0 saturated heterocycles. The second-order valence-electron chi connectivity index (χ2n) is 5.86. The molecule has 1 aromatic heterocycles. The van der Waals surface area contributed by atoms with Gasteiger partial charge in [-0.3, -0.25) is 4.79 Å². The first-order valence-electron chi connectivity index (χ1n) is 6.76. The summed E-state index contributed by atoms with van der Waals surface area (Å²) in [6.45, 7) is 5.27. The van der Waals surface area contributed by atoms with E-state index in [1.54, 1.807) is 32.9 Å². The van der Waals surface area contributed by atoms with Gasteiger partial charge in [0.2, 0.25) is 5.91 Å². The van der Waals surface area contributed by atoms with Crippen LogP contribution in [0.2, 0.25) is 0 Å². The van der Waals surface area contributed by atoms with Crippen LogP contribution in [0.1, 0.15) is 20.8 Å². The Morgan fingerprint density at radius 3 is 2.50 bits per heavy atom. The highest BCUT2D eigenvalue weighted by atomic mass is 19.1. The van der Waals surface area contributed by atoms with Crippen LogP contribution in [0.25, 0.3) is 0 Å². The van der Waals surface area contributed by atoms with Crippen molar-refractivity contribution in [2.75, 3.05) is 11.1 Å². The molecule has 5 nitrogen and oxygen atoms in total. The van der Waals surface area contributed by atoms with Gasteiger partial charge in [0.1, 0.15) is 23.1 Å². The average Bonchev–Trinajstić information content (AvgIpc) is 2.40. The van der Waals surface area contributed by atoms with Crippen LogP contribution < -0.4 is 15.8 Å². The molecule has 22 heavy (non-hydrogen) atoms. The molecule has 116 valence electrons. The van der Waals surface area contributed by atoms with E-state index >= 15 is 0 Å². The molecular weight excluding hydrogens is 285 g/mol. The molecule has 2 rings (SSSR count). The molecule has 0 aliphatic heterocycles. The number of ether oxygens (including phenoxy) is 1. The summed E-state index contributed by atoms with van der Waals surface area (Å²) in [5.74, 6) is 0.237. The molecule has 0 bridgehead atoms. The molecule has 0 spiro atoms. The predicted octanol–water partition coefficient (Wildman–Crippen LogP) is 3.58. The first-order chi connectivity index (χ1) is 10.3. The fourth-order valence-corrected chi connectivity index (χ4v) is 1.60. The van der Waals surface area contributed by atoms with Gasteiger partial charge in [0, 0.05) is 23.7 Å². The molecule has 0 aliphatic carbocycles.